The van der Waals surface area contributed by atoms with Crippen molar-refractivity contribution in [1.29, 1.82) is 0 Å². The molecule has 4 heteroatoms. The number of fused-ring (bicyclic) bond motifs is 2. The zero-order valence-corrected chi connectivity index (χ0v) is 14.7. The van der Waals surface area contributed by atoms with Crippen LogP contribution in [0.1, 0.15) is 23.1 Å². The van der Waals surface area contributed by atoms with E-state index in [4.69, 9.17) is 0 Å². The second-order valence-corrected chi connectivity index (χ2v) is 7.18. The largest absolute Gasteiger partial charge is 0.416 e. The second-order valence-electron chi connectivity index (χ2n) is 7.18. The van der Waals surface area contributed by atoms with E-state index in [0.717, 1.165) is 23.2 Å². The fourth-order valence-corrected chi connectivity index (χ4v) is 4.04. The van der Waals surface area contributed by atoms with Gasteiger partial charge in [-0.25, -0.2) is 0 Å². The van der Waals surface area contributed by atoms with Crippen molar-refractivity contribution < 1.29 is 13.2 Å². The lowest BCUT2D eigenvalue weighted by Gasteiger charge is -2.19. The van der Waals surface area contributed by atoms with E-state index in [1.807, 2.05) is 14.1 Å². The molecule has 2 atom stereocenters. The van der Waals surface area contributed by atoms with E-state index in [1.54, 1.807) is 12.1 Å². The van der Waals surface area contributed by atoms with Crippen LogP contribution >= 0.6 is 0 Å². The summed E-state index contributed by atoms with van der Waals surface area (Å²) in [7, 11) is 4.00. The van der Waals surface area contributed by atoms with Gasteiger partial charge in [0.05, 0.1) is 5.56 Å². The Morgan fingerprint density at radius 2 is 1.23 bits per heavy atom. The third kappa shape index (κ3) is 2.83. The molecule has 4 rings (SSSR count). The topological polar surface area (TPSA) is 3.24 Å². The van der Waals surface area contributed by atoms with E-state index in [1.165, 1.54) is 23.3 Å². The van der Waals surface area contributed by atoms with Crippen LogP contribution < -0.4 is 4.90 Å². The molecule has 0 amide bonds. The molecule has 2 aromatic carbocycles. The number of rotatable bonds is 3. The zero-order valence-electron chi connectivity index (χ0n) is 14.7. The van der Waals surface area contributed by atoms with Gasteiger partial charge in [-0.05, 0) is 53.0 Å². The number of anilines is 1. The quantitative estimate of drug-likeness (QED) is 0.621. The third-order valence-electron chi connectivity index (χ3n) is 5.33. The standard InChI is InChI=1S/C22H20F3N/c1-26(2)19-11-7-15(8-12-19)21-17-4-3-16(13-17)20(21)14-5-9-18(10-6-14)22(23,24)25/h3-12,16-17H,13H2,1-2H3. The van der Waals surface area contributed by atoms with Crippen LogP contribution in [0.25, 0.3) is 11.1 Å². The number of alkyl halides is 3. The number of nitrogens with zero attached hydrogens (tertiary/aromatic N) is 1. The lowest BCUT2D eigenvalue weighted by molar-refractivity contribution is -0.137. The Bertz CT molecular complexity index is 871. The summed E-state index contributed by atoms with van der Waals surface area (Å²) in [6, 6.07) is 14.0. The average Bonchev–Trinajstić information content (AvgIpc) is 3.22. The van der Waals surface area contributed by atoms with Crippen molar-refractivity contribution in [2.45, 2.75) is 12.6 Å². The van der Waals surface area contributed by atoms with Crippen LogP contribution in [-0.2, 0) is 6.18 Å². The molecule has 0 saturated heterocycles. The van der Waals surface area contributed by atoms with E-state index >= 15 is 0 Å². The van der Waals surface area contributed by atoms with Crippen LogP contribution in [0.15, 0.2) is 60.7 Å². The predicted molar refractivity (Wildman–Crippen MR) is 99.8 cm³/mol. The smallest absolute Gasteiger partial charge is 0.378 e. The molecule has 0 radical (unpaired) electrons. The molecule has 134 valence electrons. The molecule has 0 heterocycles. The van der Waals surface area contributed by atoms with Crippen LogP contribution in [-0.4, -0.2) is 14.1 Å². The molecule has 0 fully saturated rings. The van der Waals surface area contributed by atoms with Gasteiger partial charge in [0.1, 0.15) is 0 Å². The maximum absolute atomic E-state index is 12.9. The van der Waals surface area contributed by atoms with Crippen LogP contribution in [0.3, 0.4) is 0 Å². The van der Waals surface area contributed by atoms with Crippen molar-refractivity contribution >= 4 is 16.8 Å². The van der Waals surface area contributed by atoms with E-state index in [0.29, 0.717) is 11.8 Å². The molecule has 2 aliphatic rings. The van der Waals surface area contributed by atoms with Gasteiger partial charge in [0, 0.05) is 31.6 Å². The number of benzene rings is 2. The molecule has 2 bridgehead atoms. The van der Waals surface area contributed by atoms with Crippen LogP contribution in [0.5, 0.6) is 0 Å². The first-order valence-corrected chi connectivity index (χ1v) is 8.72. The highest BCUT2D eigenvalue weighted by molar-refractivity contribution is 5.97. The summed E-state index contributed by atoms with van der Waals surface area (Å²) in [5.41, 5.74) is 5.00. The number of hydrogen-bond acceptors (Lipinski definition) is 1. The second kappa shape index (κ2) is 6.04. The summed E-state index contributed by atoms with van der Waals surface area (Å²) in [6.07, 6.45) is 1.14. The SMILES string of the molecule is CN(C)c1ccc(C2=C(c3ccc(C(F)(F)F)cc3)C3C=CC2C3)cc1. The van der Waals surface area contributed by atoms with Gasteiger partial charge < -0.3 is 4.90 Å². The van der Waals surface area contributed by atoms with E-state index in [2.05, 4.69) is 41.3 Å². The number of allylic oxidation sites excluding steroid dienone is 4. The first-order valence-electron chi connectivity index (χ1n) is 8.72. The highest BCUT2D eigenvalue weighted by atomic mass is 19.4. The summed E-state index contributed by atoms with van der Waals surface area (Å²) < 4.78 is 38.6. The number of halogens is 3. The van der Waals surface area contributed by atoms with Crippen molar-refractivity contribution in [3.63, 3.8) is 0 Å². The van der Waals surface area contributed by atoms with Crippen molar-refractivity contribution in [2.24, 2.45) is 11.8 Å². The van der Waals surface area contributed by atoms with E-state index in [9.17, 15) is 13.2 Å². The minimum absolute atomic E-state index is 0.292. The Balaban J connectivity index is 1.76. The first kappa shape index (κ1) is 17.0. The molecule has 0 aromatic heterocycles. The maximum Gasteiger partial charge on any atom is 0.416 e. The first-order chi connectivity index (χ1) is 12.3. The van der Waals surface area contributed by atoms with Gasteiger partial charge in [-0.2, -0.15) is 13.2 Å². The van der Waals surface area contributed by atoms with Gasteiger partial charge in [0.2, 0.25) is 0 Å². The van der Waals surface area contributed by atoms with Gasteiger partial charge in [0.15, 0.2) is 0 Å². The summed E-state index contributed by atoms with van der Waals surface area (Å²) in [6.45, 7) is 0. The molecule has 2 aromatic rings. The molecular formula is C22H20F3N. The lowest BCUT2D eigenvalue weighted by Crippen LogP contribution is -2.08. The molecule has 26 heavy (non-hydrogen) atoms. The van der Waals surface area contributed by atoms with Gasteiger partial charge in [-0.3, -0.25) is 0 Å². The Morgan fingerprint density at radius 1 is 0.769 bits per heavy atom. The van der Waals surface area contributed by atoms with Gasteiger partial charge >= 0.3 is 6.18 Å². The average molecular weight is 355 g/mol. The summed E-state index contributed by atoms with van der Waals surface area (Å²) >= 11 is 0. The highest BCUT2D eigenvalue weighted by Crippen LogP contribution is 2.52. The monoisotopic (exact) mass is 355 g/mol. The van der Waals surface area contributed by atoms with Crippen molar-refractivity contribution in [1.82, 2.24) is 0 Å². The molecular weight excluding hydrogens is 335 g/mol. The van der Waals surface area contributed by atoms with Gasteiger partial charge in [0.25, 0.3) is 0 Å². The van der Waals surface area contributed by atoms with E-state index in [-0.39, 0.29) is 0 Å². The fraction of sp³-hybridized carbons (Fsp3) is 0.273. The molecule has 0 spiro atoms. The summed E-state index contributed by atoms with van der Waals surface area (Å²) in [5.74, 6) is 0.641. The lowest BCUT2D eigenvalue weighted by atomic mass is 9.87. The maximum atomic E-state index is 12.9. The highest BCUT2D eigenvalue weighted by Gasteiger charge is 2.37. The minimum atomic E-state index is -4.30. The summed E-state index contributed by atoms with van der Waals surface area (Å²) in [4.78, 5) is 2.05. The molecule has 0 N–H and O–H groups in total. The molecule has 1 nitrogen and oxygen atoms in total. The minimum Gasteiger partial charge on any atom is -0.378 e. The third-order valence-corrected chi connectivity index (χ3v) is 5.33. The van der Waals surface area contributed by atoms with Crippen molar-refractivity contribution in [2.75, 3.05) is 19.0 Å². The Labute approximate surface area is 151 Å². The van der Waals surface area contributed by atoms with Crippen LogP contribution in [0.4, 0.5) is 18.9 Å². The number of hydrogen-bond donors (Lipinski definition) is 0. The molecule has 0 aliphatic heterocycles. The molecule has 2 unspecified atom stereocenters. The van der Waals surface area contributed by atoms with Crippen LogP contribution in [0, 0.1) is 11.8 Å². The Morgan fingerprint density at radius 3 is 1.65 bits per heavy atom. The van der Waals surface area contributed by atoms with Gasteiger partial charge in [-0.15, -0.1) is 0 Å². The fourth-order valence-electron chi connectivity index (χ4n) is 4.04. The molecule has 0 saturated carbocycles. The van der Waals surface area contributed by atoms with Crippen molar-refractivity contribution in [3.05, 3.63) is 77.4 Å². The normalized spacial score (nSPS) is 21.6. The van der Waals surface area contributed by atoms with Crippen LogP contribution in [0.2, 0.25) is 0 Å². The van der Waals surface area contributed by atoms with Crippen molar-refractivity contribution in [3.8, 4) is 0 Å². The van der Waals surface area contributed by atoms with Gasteiger partial charge in [-0.1, -0.05) is 36.4 Å². The molecule has 2 aliphatic carbocycles. The zero-order chi connectivity index (χ0) is 18.5. The predicted octanol–water partition coefficient (Wildman–Crippen LogP) is 5.89. The Hall–Kier alpha value is -2.49. The van der Waals surface area contributed by atoms with E-state index < -0.39 is 11.7 Å². The summed E-state index contributed by atoms with van der Waals surface area (Å²) in [5, 5.41) is 0. The Kier molecular flexibility index (Phi) is 3.94.